The van der Waals surface area contributed by atoms with E-state index in [0.29, 0.717) is 48.8 Å². The quantitative estimate of drug-likeness (QED) is 0.827. The first-order valence-electron chi connectivity index (χ1n) is 8.60. The highest BCUT2D eigenvalue weighted by molar-refractivity contribution is 5.98. The fourth-order valence-corrected chi connectivity index (χ4v) is 3.11. The first kappa shape index (κ1) is 18.7. The number of rotatable bonds is 4. The summed E-state index contributed by atoms with van der Waals surface area (Å²) in [4.78, 5) is 28.7. The van der Waals surface area contributed by atoms with Gasteiger partial charge in [0.2, 0.25) is 0 Å². The summed E-state index contributed by atoms with van der Waals surface area (Å²) in [7, 11) is 3.01. The summed E-state index contributed by atoms with van der Waals surface area (Å²) in [6.07, 6.45) is 0. The minimum absolute atomic E-state index is 0.166. The zero-order chi connectivity index (χ0) is 19.4. The number of hydrogen-bond donors (Lipinski definition) is 0. The first-order chi connectivity index (χ1) is 13.0. The molecule has 2 amide bonds. The van der Waals surface area contributed by atoms with E-state index < -0.39 is 0 Å². The van der Waals surface area contributed by atoms with Gasteiger partial charge in [0, 0.05) is 31.7 Å². The Morgan fingerprint density at radius 1 is 0.852 bits per heavy atom. The van der Waals surface area contributed by atoms with Gasteiger partial charge in [-0.2, -0.15) is 0 Å². The summed E-state index contributed by atoms with van der Waals surface area (Å²) in [5, 5.41) is 0. The number of amides is 2. The van der Waals surface area contributed by atoms with Crippen molar-refractivity contribution in [1.29, 1.82) is 0 Å². The van der Waals surface area contributed by atoms with Gasteiger partial charge < -0.3 is 19.3 Å². The molecule has 0 saturated carbocycles. The van der Waals surface area contributed by atoms with Crippen LogP contribution in [0.25, 0.3) is 0 Å². The smallest absolute Gasteiger partial charge is 0.257 e. The largest absolute Gasteiger partial charge is 0.493 e. The van der Waals surface area contributed by atoms with Crippen LogP contribution in [-0.4, -0.2) is 62.0 Å². The van der Waals surface area contributed by atoms with Gasteiger partial charge in [-0.3, -0.25) is 9.59 Å². The predicted octanol–water partition coefficient (Wildman–Crippen LogP) is 2.44. The highest BCUT2D eigenvalue weighted by atomic mass is 19.1. The van der Waals surface area contributed by atoms with E-state index in [9.17, 15) is 14.0 Å². The van der Waals surface area contributed by atoms with E-state index in [4.69, 9.17) is 9.47 Å². The fourth-order valence-electron chi connectivity index (χ4n) is 3.11. The molecule has 0 atom stereocenters. The summed E-state index contributed by atoms with van der Waals surface area (Å²) in [5.41, 5.74) is 0.862. The summed E-state index contributed by atoms with van der Waals surface area (Å²) >= 11 is 0. The molecule has 0 aliphatic carbocycles. The molecule has 27 heavy (non-hydrogen) atoms. The van der Waals surface area contributed by atoms with Crippen LogP contribution in [-0.2, 0) is 0 Å². The molecule has 6 nitrogen and oxygen atoms in total. The lowest BCUT2D eigenvalue weighted by Gasteiger charge is -2.35. The number of nitrogens with zero attached hydrogens (tertiary/aromatic N) is 2. The Morgan fingerprint density at radius 2 is 1.44 bits per heavy atom. The van der Waals surface area contributed by atoms with E-state index in [2.05, 4.69) is 0 Å². The molecule has 0 unspecified atom stereocenters. The van der Waals surface area contributed by atoms with Crippen LogP contribution in [0.4, 0.5) is 4.39 Å². The zero-order valence-electron chi connectivity index (χ0n) is 15.3. The highest BCUT2D eigenvalue weighted by Gasteiger charge is 2.27. The number of carbonyl (C=O) groups excluding carboxylic acids is 2. The summed E-state index contributed by atoms with van der Waals surface area (Å²) in [6, 6.07) is 10.6. The fraction of sp³-hybridized carbons (Fsp3) is 0.300. The lowest BCUT2D eigenvalue weighted by molar-refractivity contribution is 0.0533. The summed E-state index contributed by atoms with van der Waals surface area (Å²) in [5.74, 6) is 0.179. The topological polar surface area (TPSA) is 59.1 Å². The number of benzene rings is 2. The third kappa shape index (κ3) is 3.86. The van der Waals surface area contributed by atoms with E-state index in [-0.39, 0.29) is 17.6 Å². The van der Waals surface area contributed by atoms with E-state index >= 15 is 0 Å². The average Bonchev–Trinajstić information content (AvgIpc) is 2.72. The number of piperazine rings is 1. The minimum atomic E-state index is -0.380. The normalized spacial score (nSPS) is 14.0. The third-order valence-electron chi connectivity index (χ3n) is 4.58. The van der Waals surface area contributed by atoms with Gasteiger partial charge in [0.05, 0.1) is 19.8 Å². The van der Waals surface area contributed by atoms with Crippen LogP contribution in [0, 0.1) is 5.82 Å². The van der Waals surface area contributed by atoms with Crippen molar-refractivity contribution in [3.63, 3.8) is 0 Å². The molecular formula is C20H21FN2O4. The van der Waals surface area contributed by atoms with Crippen molar-refractivity contribution < 1.29 is 23.5 Å². The van der Waals surface area contributed by atoms with Crippen molar-refractivity contribution in [2.75, 3.05) is 40.4 Å². The van der Waals surface area contributed by atoms with Crippen LogP contribution in [0.15, 0.2) is 42.5 Å². The van der Waals surface area contributed by atoms with E-state index in [1.54, 1.807) is 28.0 Å². The number of hydrogen-bond acceptors (Lipinski definition) is 4. The molecule has 1 saturated heterocycles. The van der Waals surface area contributed by atoms with Crippen LogP contribution in [0.1, 0.15) is 20.7 Å². The van der Waals surface area contributed by atoms with Crippen molar-refractivity contribution in [3.05, 3.63) is 59.4 Å². The van der Waals surface area contributed by atoms with Crippen LogP contribution >= 0.6 is 0 Å². The summed E-state index contributed by atoms with van der Waals surface area (Å²) in [6.45, 7) is 1.64. The Hall–Kier alpha value is -3.09. The predicted molar refractivity (Wildman–Crippen MR) is 97.8 cm³/mol. The monoisotopic (exact) mass is 372 g/mol. The number of halogens is 1. The van der Waals surface area contributed by atoms with E-state index in [1.165, 1.54) is 38.5 Å². The van der Waals surface area contributed by atoms with Crippen LogP contribution in [0.3, 0.4) is 0 Å². The Balaban J connectivity index is 1.68. The highest BCUT2D eigenvalue weighted by Crippen LogP contribution is 2.31. The van der Waals surface area contributed by atoms with Gasteiger partial charge in [-0.25, -0.2) is 4.39 Å². The Labute approximate surface area is 157 Å². The van der Waals surface area contributed by atoms with Crippen molar-refractivity contribution >= 4 is 11.8 Å². The van der Waals surface area contributed by atoms with Gasteiger partial charge in [-0.15, -0.1) is 0 Å². The first-order valence-corrected chi connectivity index (χ1v) is 8.60. The molecule has 1 aliphatic rings. The third-order valence-corrected chi connectivity index (χ3v) is 4.58. The number of carbonyl (C=O) groups is 2. The molecule has 2 aromatic rings. The second kappa shape index (κ2) is 8.07. The van der Waals surface area contributed by atoms with Gasteiger partial charge in [0.25, 0.3) is 11.8 Å². The molecule has 0 aromatic heterocycles. The molecule has 7 heteroatoms. The van der Waals surface area contributed by atoms with E-state index in [0.717, 1.165) is 0 Å². The Bertz CT molecular complexity index is 830. The van der Waals surface area contributed by atoms with Gasteiger partial charge in [-0.05, 0) is 36.4 Å². The molecule has 1 aliphatic heterocycles. The van der Waals surface area contributed by atoms with Crippen molar-refractivity contribution in [2.24, 2.45) is 0 Å². The van der Waals surface area contributed by atoms with Gasteiger partial charge in [-0.1, -0.05) is 6.07 Å². The minimum Gasteiger partial charge on any atom is -0.493 e. The molecule has 0 radical (unpaired) electrons. The van der Waals surface area contributed by atoms with Crippen molar-refractivity contribution in [2.45, 2.75) is 0 Å². The zero-order valence-corrected chi connectivity index (χ0v) is 15.3. The number of methoxy groups -OCH3 is 2. The van der Waals surface area contributed by atoms with Crippen LogP contribution < -0.4 is 9.47 Å². The van der Waals surface area contributed by atoms with Crippen molar-refractivity contribution in [1.82, 2.24) is 9.80 Å². The summed E-state index contributed by atoms with van der Waals surface area (Å²) < 4.78 is 23.6. The molecular weight excluding hydrogens is 351 g/mol. The van der Waals surface area contributed by atoms with Crippen LogP contribution in [0.5, 0.6) is 11.5 Å². The van der Waals surface area contributed by atoms with Gasteiger partial charge >= 0.3 is 0 Å². The molecule has 0 spiro atoms. The standard InChI is InChI=1S/C20H21FN2O4/c1-26-17-5-3-4-16(18(17)27-2)20(25)23-12-10-22(11-13-23)19(24)14-6-8-15(21)9-7-14/h3-9H,10-13H2,1-2H3. The number of para-hydroxylation sites is 1. The molecule has 1 fully saturated rings. The molecule has 2 aromatic carbocycles. The molecule has 1 heterocycles. The van der Waals surface area contributed by atoms with Gasteiger partial charge in [0.1, 0.15) is 5.82 Å². The lowest BCUT2D eigenvalue weighted by Crippen LogP contribution is -2.50. The average molecular weight is 372 g/mol. The van der Waals surface area contributed by atoms with E-state index in [1.807, 2.05) is 0 Å². The van der Waals surface area contributed by atoms with Crippen molar-refractivity contribution in [3.8, 4) is 11.5 Å². The maximum absolute atomic E-state index is 13.0. The Morgan fingerprint density at radius 3 is 2.00 bits per heavy atom. The maximum atomic E-state index is 13.0. The SMILES string of the molecule is COc1cccc(C(=O)N2CCN(C(=O)c3ccc(F)cc3)CC2)c1OC. The lowest BCUT2D eigenvalue weighted by atomic mass is 10.1. The molecule has 3 rings (SSSR count). The Kier molecular flexibility index (Phi) is 5.59. The molecule has 0 N–H and O–H groups in total. The molecule has 0 bridgehead atoms. The van der Waals surface area contributed by atoms with Crippen LogP contribution in [0.2, 0.25) is 0 Å². The molecule has 142 valence electrons. The van der Waals surface area contributed by atoms with Gasteiger partial charge in [0.15, 0.2) is 11.5 Å². The second-order valence-electron chi connectivity index (χ2n) is 6.13. The number of ether oxygens (including phenoxy) is 2. The second-order valence-corrected chi connectivity index (χ2v) is 6.13. The maximum Gasteiger partial charge on any atom is 0.257 e.